The normalized spacial score (nSPS) is 16.4. The largest absolute Gasteiger partial charge is 0.383 e. The summed E-state index contributed by atoms with van der Waals surface area (Å²) in [7, 11) is 0. The summed E-state index contributed by atoms with van der Waals surface area (Å²) < 4.78 is 2.10. The number of aromatic nitrogens is 4. The Bertz CT molecular complexity index is 1610. The zero-order chi connectivity index (χ0) is 25.0. The van der Waals surface area contributed by atoms with E-state index in [2.05, 4.69) is 74.8 Å². The van der Waals surface area contributed by atoms with E-state index in [0.717, 1.165) is 65.4 Å². The van der Waals surface area contributed by atoms with E-state index in [-0.39, 0.29) is 5.54 Å². The first kappa shape index (κ1) is 22.0. The van der Waals surface area contributed by atoms with Crippen LogP contribution in [0.4, 0.5) is 11.5 Å². The second-order valence-corrected chi connectivity index (χ2v) is 10.3. The van der Waals surface area contributed by atoms with Crippen molar-refractivity contribution in [1.82, 2.24) is 19.5 Å². The minimum atomic E-state index is 0.0407. The number of nitrogen functional groups attached to an aromatic ring is 1. The molecule has 37 heavy (non-hydrogen) atoms. The Kier molecular flexibility index (Phi) is 5.01. The molecule has 0 amide bonds. The van der Waals surface area contributed by atoms with Crippen molar-refractivity contribution >= 4 is 22.7 Å². The highest BCUT2D eigenvalue weighted by molar-refractivity contribution is 5.84. The van der Waals surface area contributed by atoms with Gasteiger partial charge in [0.05, 0.1) is 11.3 Å². The van der Waals surface area contributed by atoms with Gasteiger partial charge in [-0.05, 0) is 61.4 Å². The van der Waals surface area contributed by atoms with E-state index >= 15 is 0 Å². The molecule has 1 aliphatic carbocycles. The predicted molar refractivity (Wildman–Crippen MR) is 147 cm³/mol. The quantitative estimate of drug-likeness (QED) is 0.378. The Morgan fingerprint density at radius 3 is 2.38 bits per heavy atom. The number of pyridine rings is 2. The first-order valence-electron chi connectivity index (χ1n) is 13.0. The molecule has 2 aliphatic rings. The van der Waals surface area contributed by atoms with Gasteiger partial charge in [-0.1, -0.05) is 24.3 Å². The van der Waals surface area contributed by atoms with Gasteiger partial charge in [-0.2, -0.15) is 0 Å². The number of anilines is 2. The first-order chi connectivity index (χ1) is 18.1. The molecular weight excluding hydrogens is 458 g/mol. The van der Waals surface area contributed by atoms with Gasteiger partial charge in [0.1, 0.15) is 16.9 Å². The molecule has 0 bridgehead atoms. The number of fused-ring (bicyclic) bond motifs is 1. The van der Waals surface area contributed by atoms with Crippen LogP contribution in [-0.4, -0.2) is 32.6 Å². The van der Waals surface area contributed by atoms with Gasteiger partial charge in [-0.3, -0.25) is 4.57 Å². The van der Waals surface area contributed by atoms with Crippen molar-refractivity contribution in [2.24, 2.45) is 0 Å². The molecule has 7 heteroatoms. The van der Waals surface area contributed by atoms with Crippen molar-refractivity contribution in [2.75, 3.05) is 23.7 Å². The molecule has 5 N–H and O–H groups in total. The highest BCUT2D eigenvalue weighted by atomic mass is 15.2. The van der Waals surface area contributed by atoms with Gasteiger partial charge in [0, 0.05) is 54.6 Å². The molecule has 4 heterocycles. The third-order valence-electron chi connectivity index (χ3n) is 8.00. The molecule has 0 spiro atoms. The predicted octanol–water partition coefficient (Wildman–Crippen LogP) is 4.56. The van der Waals surface area contributed by atoms with Crippen molar-refractivity contribution < 1.29 is 5.73 Å². The molecule has 7 nitrogen and oxygen atoms in total. The van der Waals surface area contributed by atoms with Crippen LogP contribution in [0.1, 0.15) is 31.2 Å². The molecule has 7 rings (SSSR count). The van der Waals surface area contributed by atoms with Gasteiger partial charge >= 0.3 is 0 Å². The summed E-state index contributed by atoms with van der Waals surface area (Å²) in [6.45, 7) is 2.23. The fourth-order valence-corrected chi connectivity index (χ4v) is 5.44. The number of nitrogens with zero attached hydrogens (tertiary/aromatic N) is 5. The van der Waals surface area contributed by atoms with Crippen molar-refractivity contribution in [3.8, 4) is 28.3 Å². The summed E-state index contributed by atoms with van der Waals surface area (Å²) in [5, 5.41) is 0. The van der Waals surface area contributed by atoms with Crippen LogP contribution in [0.2, 0.25) is 0 Å². The van der Waals surface area contributed by atoms with Crippen LogP contribution in [0, 0.1) is 0 Å². The van der Waals surface area contributed by atoms with E-state index in [1.165, 1.54) is 24.1 Å². The van der Waals surface area contributed by atoms with Crippen LogP contribution in [0.25, 0.3) is 39.5 Å². The standard InChI is InChI=1S/C30H29N7/c31-27-24(7-2-16-33-27)28-35-26-13-12-25(20-5-1-6-23(19-20)36-17-4-18-36)34-29(26)37(28)22-10-8-21(9-11-22)30(32)14-3-15-30/h1-2,5-13,16,19H,3-4,14-15,17-18,32H2,(H2,31,33)/p+1. The highest BCUT2D eigenvalue weighted by Crippen LogP contribution is 2.38. The van der Waals surface area contributed by atoms with E-state index < -0.39 is 0 Å². The Hall–Kier alpha value is -4.23. The monoisotopic (exact) mass is 488 g/mol. The van der Waals surface area contributed by atoms with Crippen LogP contribution >= 0.6 is 0 Å². The zero-order valence-electron chi connectivity index (χ0n) is 20.8. The maximum Gasteiger partial charge on any atom is 0.165 e. The van der Waals surface area contributed by atoms with Crippen molar-refractivity contribution in [2.45, 2.75) is 31.2 Å². The lowest BCUT2D eigenvalue weighted by Crippen LogP contribution is -2.73. The molecule has 1 saturated heterocycles. The van der Waals surface area contributed by atoms with Crippen LogP contribution in [0.5, 0.6) is 0 Å². The lowest BCUT2D eigenvalue weighted by Gasteiger charge is -2.34. The van der Waals surface area contributed by atoms with Gasteiger partial charge < -0.3 is 16.4 Å². The van der Waals surface area contributed by atoms with Gasteiger partial charge in [0.25, 0.3) is 0 Å². The zero-order valence-corrected chi connectivity index (χ0v) is 20.8. The maximum absolute atomic E-state index is 6.32. The molecule has 0 unspecified atom stereocenters. The molecule has 0 radical (unpaired) electrons. The van der Waals surface area contributed by atoms with E-state index in [1.807, 2.05) is 18.2 Å². The molecule has 5 aromatic rings. The Morgan fingerprint density at radius 2 is 1.68 bits per heavy atom. The van der Waals surface area contributed by atoms with E-state index in [9.17, 15) is 0 Å². The smallest absolute Gasteiger partial charge is 0.165 e. The van der Waals surface area contributed by atoms with Crippen LogP contribution < -0.4 is 16.4 Å². The minimum Gasteiger partial charge on any atom is -0.383 e. The van der Waals surface area contributed by atoms with Gasteiger partial charge in [-0.15, -0.1) is 0 Å². The highest BCUT2D eigenvalue weighted by Gasteiger charge is 2.38. The average molecular weight is 489 g/mol. The lowest BCUT2D eigenvalue weighted by molar-refractivity contribution is -0.509. The molecule has 184 valence electrons. The third-order valence-corrected chi connectivity index (χ3v) is 8.00. The average Bonchev–Trinajstić information content (AvgIpc) is 3.25. The Morgan fingerprint density at radius 1 is 0.838 bits per heavy atom. The van der Waals surface area contributed by atoms with Crippen molar-refractivity contribution in [3.63, 3.8) is 0 Å². The fourth-order valence-electron chi connectivity index (χ4n) is 5.44. The SMILES string of the molecule is Nc1ncccc1-c1nc2ccc(-c3cccc(N4CCC4)c3)nc2n1-c1ccc(C2([NH3+])CCC2)cc1. The summed E-state index contributed by atoms with van der Waals surface area (Å²) in [6, 6.07) is 25.3. The van der Waals surface area contributed by atoms with Gasteiger partial charge in [0.2, 0.25) is 0 Å². The molecule has 0 atom stereocenters. The van der Waals surface area contributed by atoms with Gasteiger partial charge in [-0.25, -0.2) is 15.0 Å². The van der Waals surface area contributed by atoms with E-state index in [1.54, 1.807) is 6.20 Å². The summed E-state index contributed by atoms with van der Waals surface area (Å²) in [5.41, 5.74) is 18.8. The number of rotatable bonds is 5. The summed E-state index contributed by atoms with van der Waals surface area (Å²) in [4.78, 5) is 16.8. The molecular formula is C30H30N7+. The van der Waals surface area contributed by atoms with Crippen LogP contribution in [0.3, 0.4) is 0 Å². The topological polar surface area (TPSA) is 101 Å². The lowest BCUT2D eigenvalue weighted by atomic mass is 9.73. The molecule has 3 aromatic heterocycles. The minimum absolute atomic E-state index is 0.0407. The van der Waals surface area contributed by atoms with E-state index in [4.69, 9.17) is 15.7 Å². The molecule has 2 aromatic carbocycles. The summed E-state index contributed by atoms with van der Waals surface area (Å²) in [5.74, 6) is 1.18. The van der Waals surface area contributed by atoms with E-state index in [0.29, 0.717) is 5.82 Å². The molecule has 1 aliphatic heterocycles. The Labute approximate surface area is 215 Å². The fraction of sp³-hybridized carbons (Fsp3) is 0.233. The number of hydrogen-bond acceptors (Lipinski definition) is 5. The second kappa shape index (κ2) is 8.42. The van der Waals surface area contributed by atoms with Gasteiger partial charge in [0.15, 0.2) is 11.5 Å². The van der Waals surface area contributed by atoms with Crippen molar-refractivity contribution in [1.29, 1.82) is 0 Å². The number of quaternary nitrogens is 1. The number of nitrogens with two attached hydrogens (primary N) is 1. The number of benzene rings is 2. The number of hydrogen-bond donors (Lipinski definition) is 2. The van der Waals surface area contributed by atoms with Crippen molar-refractivity contribution in [3.05, 3.63) is 84.6 Å². The third kappa shape index (κ3) is 3.65. The summed E-state index contributed by atoms with van der Waals surface area (Å²) in [6.07, 6.45) is 6.47. The molecule has 2 fully saturated rings. The maximum atomic E-state index is 6.32. The number of imidazole rings is 1. The molecule has 1 saturated carbocycles. The second-order valence-electron chi connectivity index (χ2n) is 10.3. The Balaban J connectivity index is 1.39. The van der Waals surface area contributed by atoms with Crippen LogP contribution in [0.15, 0.2) is 79.0 Å². The van der Waals surface area contributed by atoms with Crippen LogP contribution in [-0.2, 0) is 5.54 Å². The first-order valence-corrected chi connectivity index (χ1v) is 13.0. The summed E-state index contributed by atoms with van der Waals surface area (Å²) >= 11 is 0.